The number of hydrogen-bond acceptors (Lipinski definition) is 3. The predicted molar refractivity (Wildman–Crippen MR) is 70.5 cm³/mol. The van der Waals surface area contributed by atoms with E-state index in [0.717, 1.165) is 5.69 Å². The van der Waals surface area contributed by atoms with Crippen molar-refractivity contribution < 1.29 is 4.39 Å². The minimum Gasteiger partial charge on any atom is -0.368 e. The number of rotatable bonds is 2. The van der Waals surface area contributed by atoms with E-state index in [1.165, 1.54) is 23.0 Å². The maximum absolute atomic E-state index is 13.6. The molecule has 0 bridgehead atoms. The average molecular weight is 267 g/mol. The van der Waals surface area contributed by atoms with Crippen LogP contribution in [-0.2, 0) is 0 Å². The number of imidazole rings is 1. The van der Waals surface area contributed by atoms with Crippen molar-refractivity contribution in [2.75, 3.05) is 5.73 Å². The summed E-state index contributed by atoms with van der Waals surface area (Å²) >= 11 is 5.93. The van der Waals surface area contributed by atoms with Gasteiger partial charge in [0.25, 0.3) is 0 Å². The van der Waals surface area contributed by atoms with Crippen LogP contribution in [-0.4, -0.2) is 15.9 Å². The standard InChI is InChI=1S/C12H12ClFN4/c1-7-3-11(14)9(4-10(7)13)5-16-18-6-8(2)17-12(18)15/h3-6H,1-2H3,(H2,15,17). The highest BCUT2D eigenvalue weighted by atomic mass is 35.5. The lowest BCUT2D eigenvalue weighted by Gasteiger charge is -2.01. The minimum absolute atomic E-state index is 0.252. The molecular weight excluding hydrogens is 255 g/mol. The van der Waals surface area contributed by atoms with Crippen LogP contribution < -0.4 is 5.73 Å². The molecule has 4 nitrogen and oxygen atoms in total. The number of aromatic nitrogens is 2. The topological polar surface area (TPSA) is 56.2 Å². The van der Waals surface area contributed by atoms with E-state index in [-0.39, 0.29) is 11.8 Å². The van der Waals surface area contributed by atoms with E-state index in [2.05, 4.69) is 10.1 Å². The van der Waals surface area contributed by atoms with Crippen molar-refractivity contribution in [1.82, 2.24) is 9.66 Å². The first kappa shape index (κ1) is 12.6. The molecule has 0 amide bonds. The Morgan fingerprint density at radius 1 is 1.44 bits per heavy atom. The quantitative estimate of drug-likeness (QED) is 0.850. The molecule has 0 unspecified atom stereocenters. The highest BCUT2D eigenvalue weighted by Crippen LogP contribution is 2.19. The molecule has 0 spiro atoms. The number of nitrogens with zero attached hydrogens (tertiary/aromatic N) is 3. The third-order valence-electron chi connectivity index (χ3n) is 2.43. The fraction of sp³-hybridized carbons (Fsp3) is 0.167. The predicted octanol–water partition coefficient (Wildman–Crippen LogP) is 2.76. The molecule has 0 radical (unpaired) electrons. The molecule has 0 fully saturated rings. The Morgan fingerprint density at radius 3 is 2.78 bits per heavy atom. The molecule has 6 heteroatoms. The fourth-order valence-electron chi connectivity index (χ4n) is 1.48. The van der Waals surface area contributed by atoms with Gasteiger partial charge in [0.1, 0.15) is 5.82 Å². The van der Waals surface area contributed by atoms with Gasteiger partial charge in [-0.1, -0.05) is 11.6 Å². The van der Waals surface area contributed by atoms with Crippen molar-refractivity contribution in [1.29, 1.82) is 0 Å². The van der Waals surface area contributed by atoms with Gasteiger partial charge in [-0.05, 0) is 31.5 Å². The highest BCUT2D eigenvalue weighted by Gasteiger charge is 2.05. The molecule has 0 aliphatic carbocycles. The number of hydrogen-bond donors (Lipinski definition) is 1. The van der Waals surface area contributed by atoms with E-state index >= 15 is 0 Å². The van der Waals surface area contributed by atoms with Crippen LogP contribution in [0.4, 0.5) is 10.3 Å². The molecule has 0 aliphatic heterocycles. The summed E-state index contributed by atoms with van der Waals surface area (Å²) in [6, 6.07) is 2.89. The Labute approximate surface area is 109 Å². The zero-order valence-corrected chi connectivity index (χ0v) is 10.7. The first-order chi connectivity index (χ1) is 8.47. The van der Waals surface area contributed by atoms with Gasteiger partial charge in [0, 0.05) is 10.6 Å². The second-order valence-corrected chi connectivity index (χ2v) is 4.36. The lowest BCUT2D eigenvalue weighted by atomic mass is 10.1. The summed E-state index contributed by atoms with van der Waals surface area (Å²) in [4.78, 5) is 3.98. The number of halogens is 2. The number of nitrogen functional groups attached to an aromatic ring is 1. The normalized spacial score (nSPS) is 11.3. The summed E-state index contributed by atoms with van der Waals surface area (Å²) < 4.78 is 15.0. The molecule has 0 aliphatic rings. The number of aryl methyl sites for hydroxylation is 2. The Kier molecular flexibility index (Phi) is 3.34. The lowest BCUT2D eigenvalue weighted by Crippen LogP contribution is -1.98. The van der Waals surface area contributed by atoms with E-state index in [9.17, 15) is 4.39 Å². The van der Waals surface area contributed by atoms with Gasteiger partial charge in [-0.3, -0.25) is 0 Å². The zero-order chi connectivity index (χ0) is 13.3. The maximum Gasteiger partial charge on any atom is 0.221 e. The van der Waals surface area contributed by atoms with Crippen LogP contribution in [0.3, 0.4) is 0 Å². The first-order valence-electron chi connectivity index (χ1n) is 5.29. The van der Waals surface area contributed by atoms with Gasteiger partial charge in [-0.15, -0.1) is 0 Å². The summed E-state index contributed by atoms with van der Waals surface area (Å²) in [6.45, 7) is 3.54. The Bertz CT molecular complexity index is 619. The van der Waals surface area contributed by atoms with Gasteiger partial charge in [-0.2, -0.15) is 5.10 Å². The molecule has 0 atom stereocenters. The average Bonchev–Trinajstić information content (AvgIpc) is 2.61. The number of nitrogens with two attached hydrogens (primary N) is 1. The van der Waals surface area contributed by atoms with Crippen LogP contribution in [0, 0.1) is 19.7 Å². The van der Waals surface area contributed by atoms with Gasteiger partial charge >= 0.3 is 0 Å². The molecule has 94 valence electrons. The van der Waals surface area contributed by atoms with Crippen molar-refractivity contribution in [3.05, 3.63) is 46.0 Å². The summed E-state index contributed by atoms with van der Waals surface area (Å²) in [5.41, 5.74) is 7.35. The molecule has 2 N–H and O–H groups in total. The minimum atomic E-state index is -0.379. The van der Waals surface area contributed by atoms with Gasteiger partial charge < -0.3 is 5.73 Å². The summed E-state index contributed by atoms with van der Waals surface area (Å²) in [5, 5.41) is 4.53. The SMILES string of the molecule is Cc1cn(N=Cc2cc(Cl)c(C)cc2F)c(N)n1. The van der Waals surface area contributed by atoms with E-state index in [1.807, 2.05) is 0 Å². The lowest BCUT2D eigenvalue weighted by molar-refractivity contribution is 0.624. The van der Waals surface area contributed by atoms with Crippen LogP contribution in [0.5, 0.6) is 0 Å². The van der Waals surface area contributed by atoms with Crippen LogP contribution in [0.15, 0.2) is 23.4 Å². The molecule has 0 saturated heterocycles. The van der Waals surface area contributed by atoms with Crippen molar-refractivity contribution in [3.8, 4) is 0 Å². The third-order valence-corrected chi connectivity index (χ3v) is 2.84. The van der Waals surface area contributed by atoms with Gasteiger partial charge in [0.05, 0.1) is 18.1 Å². The molecule has 0 saturated carbocycles. The van der Waals surface area contributed by atoms with Crippen LogP contribution in [0.25, 0.3) is 0 Å². The van der Waals surface area contributed by atoms with Gasteiger partial charge in [0.2, 0.25) is 5.95 Å². The Hall–Kier alpha value is -1.88. The Morgan fingerprint density at radius 2 is 2.17 bits per heavy atom. The van der Waals surface area contributed by atoms with Crippen LogP contribution in [0.1, 0.15) is 16.8 Å². The van der Waals surface area contributed by atoms with E-state index < -0.39 is 0 Å². The van der Waals surface area contributed by atoms with E-state index in [0.29, 0.717) is 16.1 Å². The molecule has 18 heavy (non-hydrogen) atoms. The fourth-order valence-corrected chi connectivity index (χ4v) is 1.65. The molecule has 1 aromatic carbocycles. The molecular formula is C12H12ClFN4. The van der Waals surface area contributed by atoms with Crippen molar-refractivity contribution in [2.45, 2.75) is 13.8 Å². The number of anilines is 1. The van der Waals surface area contributed by atoms with Crippen LogP contribution >= 0.6 is 11.6 Å². The Balaban J connectivity index is 2.34. The number of benzene rings is 1. The third kappa shape index (κ3) is 2.51. The van der Waals surface area contributed by atoms with E-state index in [1.54, 1.807) is 20.0 Å². The monoisotopic (exact) mass is 266 g/mol. The molecule has 2 rings (SSSR count). The smallest absolute Gasteiger partial charge is 0.221 e. The highest BCUT2D eigenvalue weighted by molar-refractivity contribution is 6.31. The van der Waals surface area contributed by atoms with Gasteiger partial charge in [0.15, 0.2) is 0 Å². The van der Waals surface area contributed by atoms with E-state index in [4.69, 9.17) is 17.3 Å². The molecule has 1 aromatic heterocycles. The van der Waals surface area contributed by atoms with Crippen molar-refractivity contribution in [3.63, 3.8) is 0 Å². The first-order valence-corrected chi connectivity index (χ1v) is 5.66. The maximum atomic E-state index is 13.6. The van der Waals surface area contributed by atoms with Crippen LogP contribution in [0.2, 0.25) is 5.02 Å². The van der Waals surface area contributed by atoms with Crippen molar-refractivity contribution in [2.24, 2.45) is 5.10 Å². The second kappa shape index (κ2) is 4.78. The largest absolute Gasteiger partial charge is 0.368 e. The second-order valence-electron chi connectivity index (χ2n) is 3.95. The van der Waals surface area contributed by atoms with Crippen molar-refractivity contribution >= 4 is 23.8 Å². The summed E-state index contributed by atoms with van der Waals surface area (Å²) in [5.74, 6) is -0.126. The summed E-state index contributed by atoms with van der Waals surface area (Å²) in [7, 11) is 0. The van der Waals surface area contributed by atoms with Gasteiger partial charge in [-0.25, -0.2) is 14.1 Å². The molecule has 2 aromatic rings. The zero-order valence-electron chi connectivity index (χ0n) is 9.98. The summed E-state index contributed by atoms with van der Waals surface area (Å²) in [6.07, 6.45) is 3.01. The molecule has 1 heterocycles.